The molecule has 0 aromatic carbocycles. The topological polar surface area (TPSA) is 84.1 Å². The van der Waals surface area contributed by atoms with Crippen LogP contribution in [0.2, 0.25) is 0 Å². The van der Waals surface area contributed by atoms with Gasteiger partial charge in [0.1, 0.15) is 12.7 Å². The number of aliphatic hydroxyl groups is 1. The summed E-state index contributed by atoms with van der Waals surface area (Å²) in [6.45, 7) is 2.43. The van der Waals surface area contributed by atoms with E-state index in [1.165, 1.54) is 23.5 Å². The van der Waals surface area contributed by atoms with Crippen LogP contribution in [0.4, 0.5) is 0 Å². The van der Waals surface area contributed by atoms with Gasteiger partial charge in [-0.25, -0.2) is 14.6 Å². The Bertz CT molecular complexity index is 583. The molecule has 19 heavy (non-hydrogen) atoms. The molecular formula is C12H13N5O2. The van der Waals surface area contributed by atoms with Crippen LogP contribution in [0.15, 0.2) is 31.0 Å². The zero-order chi connectivity index (χ0) is 13.5. The monoisotopic (exact) mass is 259 g/mol. The highest BCUT2D eigenvalue weighted by molar-refractivity contribution is 5.94. The molecule has 0 aliphatic carbocycles. The Labute approximate surface area is 109 Å². The summed E-state index contributed by atoms with van der Waals surface area (Å²) < 4.78 is 1.52. The van der Waals surface area contributed by atoms with E-state index in [-0.39, 0.29) is 5.91 Å². The molecule has 1 saturated heterocycles. The molecule has 0 bridgehead atoms. The Kier molecular flexibility index (Phi) is 2.56. The zero-order valence-corrected chi connectivity index (χ0v) is 10.4. The van der Waals surface area contributed by atoms with E-state index in [2.05, 4.69) is 15.1 Å². The summed E-state index contributed by atoms with van der Waals surface area (Å²) in [6.07, 6.45) is 4.46. The van der Waals surface area contributed by atoms with E-state index in [4.69, 9.17) is 0 Å². The fourth-order valence-corrected chi connectivity index (χ4v) is 2.08. The van der Waals surface area contributed by atoms with Gasteiger partial charge in [-0.1, -0.05) is 0 Å². The molecule has 3 heterocycles. The van der Waals surface area contributed by atoms with Gasteiger partial charge in [0.2, 0.25) is 0 Å². The average molecular weight is 259 g/mol. The number of likely N-dealkylation sites (tertiary alicyclic amines) is 1. The van der Waals surface area contributed by atoms with Crippen molar-refractivity contribution in [2.75, 3.05) is 13.1 Å². The van der Waals surface area contributed by atoms with E-state index in [1.54, 1.807) is 24.0 Å². The number of carbonyl (C=O) groups is 1. The molecule has 2 aromatic heterocycles. The predicted octanol–water partition coefficient (Wildman–Crippen LogP) is -0.131. The van der Waals surface area contributed by atoms with Crippen LogP contribution in [0, 0.1) is 0 Å². The van der Waals surface area contributed by atoms with Gasteiger partial charge in [0.25, 0.3) is 5.91 Å². The Hall–Kier alpha value is -2.28. The maximum atomic E-state index is 12.1. The summed E-state index contributed by atoms with van der Waals surface area (Å²) in [7, 11) is 0. The molecule has 98 valence electrons. The molecule has 0 spiro atoms. The van der Waals surface area contributed by atoms with Crippen molar-refractivity contribution >= 4 is 5.91 Å². The third kappa shape index (κ3) is 2.19. The number of amides is 1. The first kappa shape index (κ1) is 11.8. The number of aromatic nitrogens is 4. The van der Waals surface area contributed by atoms with Crippen LogP contribution in [-0.2, 0) is 0 Å². The molecule has 1 amide bonds. The first-order valence-corrected chi connectivity index (χ1v) is 5.88. The summed E-state index contributed by atoms with van der Waals surface area (Å²) in [4.78, 5) is 21.6. The quantitative estimate of drug-likeness (QED) is 0.812. The summed E-state index contributed by atoms with van der Waals surface area (Å²) in [5.74, 6) is 0.480. The van der Waals surface area contributed by atoms with E-state index >= 15 is 0 Å². The minimum atomic E-state index is -0.760. The minimum absolute atomic E-state index is 0.121. The van der Waals surface area contributed by atoms with Crippen molar-refractivity contribution in [1.82, 2.24) is 24.6 Å². The first-order chi connectivity index (χ1) is 9.05. The molecule has 0 radical (unpaired) electrons. The van der Waals surface area contributed by atoms with Crippen molar-refractivity contribution in [3.8, 4) is 5.82 Å². The van der Waals surface area contributed by atoms with Gasteiger partial charge in [0.05, 0.1) is 24.3 Å². The molecule has 1 aliphatic heterocycles. The molecule has 3 rings (SSSR count). The molecule has 1 N–H and O–H groups in total. The lowest BCUT2D eigenvalue weighted by Gasteiger charge is -2.44. The van der Waals surface area contributed by atoms with Gasteiger partial charge in [-0.3, -0.25) is 4.79 Å². The zero-order valence-electron chi connectivity index (χ0n) is 10.4. The molecule has 7 heteroatoms. The van der Waals surface area contributed by atoms with Crippen LogP contribution < -0.4 is 0 Å². The van der Waals surface area contributed by atoms with Crippen LogP contribution in [0.3, 0.4) is 0 Å². The Balaban J connectivity index is 1.75. The minimum Gasteiger partial charge on any atom is -0.386 e. The number of pyridine rings is 1. The van der Waals surface area contributed by atoms with Crippen molar-refractivity contribution in [3.63, 3.8) is 0 Å². The van der Waals surface area contributed by atoms with E-state index in [1.807, 2.05) is 0 Å². The number of hydrogen-bond acceptors (Lipinski definition) is 5. The lowest BCUT2D eigenvalue weighted by atomic mass is 9.96. The second-order valence-corrected chi connectivity index (χ2v) is 4.90. The van der Waals surface area contributed by atoms with Crippen molar-refractivity contribution < 1.29 is 9.90 Å². The van der Waals surface area contributed by atoms with Crippen molar-refractivity contribution in [2.24, 2.45) is 0 Å². The molecule has 1 aliphatic rings. The predicted molar refractivity (Wildman–Crippen MR) is 65.7 cm³/mol. The van der Waals surface area contributed by atoms with Crippen LogP contribution in [0.5, 0.6) is 0 Å². The number of carbonyl (C=O) groups excluding carboxylic acids is 1. The first-order valence-electron chi connectivity index (χ1n) is 5.88. The average Bonchev–Trinajstić information content (AvgIpc) is 2.89. The number of nitrogens with zero attached hydrogens (tertiary/aromatic N) is 5. The maximum absolute atomic E-state index is 12.1. The number of hydrogen-bond donors (Lipinski definition) is 1. The molecular weight excluding hydrogens is 246 g/mol. The fraction of sp³-hybridized carbons (Fsp3) is 0.333. The lowest BCUT2D eigenvalue weighted by molar-refractivity contribution is -0.0668. The molecule has 0 saturated carbocycles. The van der Waals surface area contributed by atoms with Crippen LogP contribution in [0.25, 0.3) is 5.82 Å². The summed E-state index contributed by atoms with van der Waals surface area (Å²) in [5, 5.41) is 13.6. The van der Waals surface area contributed by atoms with Gasteiger partial charge in [-0.05, 0) is 19.1 Å². The highest BCUT2D eigenvalue weighted by Gasteiger charge is 2.39. The normalized spacial score (nSPS) is 17.1. The molecule has 0 unspecified atom stereocenters. The number of β-amino-alcohol motifs (C(OH)–C–C–N with tert-alkyl or cyclic N) is 1. The maximum Gasteiger partial charge on any atom is 0.255 e. The van der Waals surface area contributed by atoms with Crippen LogP contribution in [0.1, 0.15) is 17.3 Å². The van der Waals surface area contributed by atoms with E-state index in [0.29, 0.717) is 24.5 Å². The Morgan fingerprint density at radius 1 is 1.42 bits per heavy atom. The van der Waals surface area contributed by atoms with Gasteiger partial charge in [0, 0.05) is 6.20 Å². The molecule has 1 fully saturated rings. The SMILES string of the molecule is CC1(O)CN(C(=O)c2ccc(-n3cncn3)nc2)C1. The highest BCUT2D eigenvalue weighted by atomic mass is 16.3. The van der Waals surface area contributed by atoms with Gasteiger partial charge in [0.15, 0.2) is 5.82 Å². The smallest absolute Gasteiger partial charge is 0.255 e. The van der Waals surface area contributed by atoms with Crippen molar-refractivity contribution in [3.05, 3.63) is 36.5 Å². The van der Waals surface area contributed by atoms with E-state index in [9.17, 15) is 9.90 Å². The molecule has 0 atom stereocenters. The Morgan fingerprint density at radius 3 is 2.74 bits per heavy atom. The van der Waals surface area contributed by atoms with Crippen molar-refractivity contribution in [2.45, 2.75) is 12.5 Å². The van der Waals surface area contributed by atoms with Crippen LogP contribution in [-0.4, -0.2) is 54.4 Å². The van der Waals surface area contributed by atoms with Crippen molar-refractivity contribution in [1.29, 1.82) is 0 Å². The van der Waals surface area contributed by atoms with E-state index in [0.717, 1.165) is 0 Å². The summed E-state index contributed by atoms with van der Waals surface area (Å²) in [5.41, 5.74) is -0.261. The molecule has 2 aromatic rings. The second kappa shape index (κ2) is 4.13. The van der Waals surface area contributed by atoms with Gasteiger partial charge in [-0.2, -0.15) is 5.10 Å². The standard InChI is InChI=1S/C12H13N5O2/c1-12(19)5-16(6-12)11(18)9-2-3-10(14-4-9)17-8-13-7-15-17/h2-4,7-8,19H,5-6H2,1H3. The fourth-order valence-electron chi connectivity index (χ4n) is 2.08. The largest absolute Gasteiger partial charge is 0.386 e. The summed E-state index contributed by atoms with van der Waals surface area (Å²) >= 11 is 0. The number of rotatable bonds is 2. The Morgan fingerprint density at radius 2 is 2.21 bits per heavy atom. The van der Waals surface area contributed by atoms with Crippen LogP contribution >= 0.6 is 0 Å². The van der Waals surface area contributed by atoms with Gasteiger partial charge < -0.3 is 10.0 Å². The summed E-state index contributed by atoms with van der Waals surface area (Å²) in [6, 6.07) is 3.40. The highest BCUT2D eigenvalue weighted by Crippen LogP contribution is 2.21. The van der Waals surface area contributed by atoms with Gasteiger partial charge >= 0.3 is 0 Å². The third-order valence-corrected chi connectivity index (χ3v) is 3.00. The van der Waals surface area contributed by atoms with E-state index < -0.39 is 5.60 Å². The lowest BCUT2D eigenvalue weighted by Crippen LogP contribution is -2.61. The molecule has 7 nitrogen and oxygen atoms in total. The van der Waals surface area contributed by atoms with Gasteiger partial charge in [-0.15, -0.1) is 0 Å². The third-order valence-electron chi connectivity index (χ3n) is 3.00. The second-order valence-electron chi connectivity index (χ2n) is 4.90.